The molecular formula is C30H42N2O2. The highest BCUT2D eigenvalue weighted by molar-refractivity contribution is 5.75. The molecule has 4 nitrogen and oxygen atoms in total. The van der Waals surface area contributed by atoms with Crippen molar-refractivity contribution in [2.75, 3.05) is 0 Å². The summed E-state index contributed by atoms with van der Waals surface area (Å²) in [5.74, 6) is 3.99. The zero-order valence-corrected chi connectivity index (χ0v) is 21.2. The van der Waals surface area contributed by atoms with Crippen molar-refractivity contribution in [2.45, 2.75) is 97.3 Å². The lowest BCUT2D eigenvalue weighted by Gasteiger charge is -2.37. The maximum absolute atomic E-state index is 12.8. The molecule has 0 atom stereocenters. The van der Waals surface area contributed by atoms with Crippen molar-refractivity contribution in [3.8, 4) is 17.1 Å². The number of hydrogen-bond acceptors (Lipinski definition) is 4. The summed E-state index contributed by atoms with van der Waals surface area (Å²) in [6.07, 6.45) is 19.9. The van der Waals surface area contributed by atoms with Crippen LogP contribution in [0.5, 0.6) is 5.75 Å². The van der Waals surface area contributed by atoms with Crippen LogP contribution in [0.3, 0.4) is 0 Å². The van der Waals surface area contributed by atoms with Crippen LogP contribution in [0.25, 0.3) is 11.4 Å². The molecule has 1 heterocycles. The van der Waals surface area contributed by atoms with Crippen LogP contribution in [0.1, 0.15) is 96.5 Å². The van der Waals surface area contributed by atoms with E-state index in [1.807, 2.05) is 36.7 Å². The van der Waals surface area contributed by atoms with Crippen LogP contribution in [-0.2, 0) is 11.2 Å². The Bertz CT molecular complexity index is 877. The van der Waals surface area contributed by atoms with E-state index in [2.05, 4.69) is 23.8 Å². The Hall–Kier alpha value is -2.23. The summed E-state index contributed by atoms with van der Waals surface area (Å²) in [6.45, 7) is 4.50. The average molecular weight is 463 g/mol. The van der Waals surface area contributed by atoms with Crippen LogP contribution in [0, 0.1) is 23.7 Å². The highest BCUT2D eigenvalue weighted by atomic mass is 16.5. The zero-order valence-electron chi connectivity index (χ0n) is 21.2. The predicted octanol–water partition coefficient (Wildman–Crippen LogP) is 7.80. The van der Waals surface area contributed by atoms with Crippen LogP contribution in [0.2, 0.25) is 0 Å². The zero-order chi connectivity index (χ0) is 23.8. The Labute approximate surface area is 205 Å². The lowest BCUT2D eigenvalue weighted by molar-refractivity contribution is -0.140. The van der Waals surface area contributed by atoms with Crippen molar-refractivity contribution < 1.29 is 9.53 Å². The Morgan fingerprint density at radius 3 is 2.06 bits per heavy atom. The van der Waals surface area contributed by atoms with E-state index >= 15 is 0 Å². The number of carbonyl (C=O) groups is 1. The second-order valence-electron chi connectivity index (χ2n) is 10.6. The van der Waals surface area contributed by atoms with Crippen molar-refractivity contribution in [3.05, 3.63) is 42.2 Å². The first-order chi connectivity index (χ1) is 16.7. The van der Waals surface area contributed by atoms with Gasteiger partial charge in [-0.15, -0.1) is 0 Å². The molecule has 2 saturated carbocycles. The van der Waals surface area contributed by atoms with Crippen LogP contribution in [0.15, 0.2) is 36.7 Å². The third kappa shape index (κ3) is 6.67. The van der Waals surface area contributed by atoms with Gasteiger partial charge < -0.3 is 4.74 Å². The molecule has 0 N–H and O–H groups in total. The second-order valence-corrected chi connectivity index (χ2v) is 10.6. The van der Waals surface area contributed by atoms with Gasteiger partial charge in [-0.1, -0.05) is 46.0 Å². The van der Waals surface area contributed by atoms with E-state index in [-0.39, 0.29) is 11.9 Å². The first kappa shape index (κ1) is 24.9. The Kier molecular flexibility index (Phi) is 9.12. The molecule has 4 rings (SSSR count). The molecule has 0 bridgehead atoms. The van der Waals surface area contributed by atoms with Crippen molar-refractivity contribution in [3.63, 3.8) is 0 Å². The van der Waals surface area contributed by atoms with Gasteiger partial charge in [-0.25, -0.2) is 9.97 Å². The average Bonchev–Trinajstić information content (AvgIpc) is 2.89. The number of aryl methyl sites for hydroxylation is 1. The van der Waals surface area contributed by atoms with Gasteiger partial charge in [0.25, 0.3) is 0 Å². The molecule has 184 valence electrons. The number of ether oxygens (including phenoxy) is 1. The second kappa shape index (κ2) is 12.5. The molecule has 2 aliphatic rings. The lowest BCUT2D eigenvalue weighted by Crippen LogP contribution is -2.30. The van der Waals surface area contributed by atoms with Crippen LogP contribution in [-0.4, -0.2) is 15.9 Å². The smallest absolute Gasteiger partial charge is 0.314 e. The maximum atomic E-state index is 12.8. The molecule has 0 unspecified atom stereocenters. The van der Waals surface area contributed by atoms with Crippen molar-refractivity contribution >= 4 is 5.97 Å². The number of carbonyl (C=O) groups excluding carboxylic acids is 1. The molecule has 0 aliphatic heterocycles. The van der Waals surface area contributed by atoms with Gasteiger partial charge in [-0.2, -0.15) is 0 Å². The standard InChI is InChI=1S/C30H42N2O2/c1-3-5-7-23-20-31-29(32-21-23)26-16-18-28(19-17-26)34-30(33)27-14-12-25(13-15-27)24-10-8-22(6-4-2)9-11-24/h16-22,24-25,27H,3-15H2,1-2H3/t22-,24-,25-,27-. The van der Waals surface area contributed by atoms with Gasteiger partial charge in [0.2, 0.25) is 0 Å². The molecule has 0 radical (unpaired) electrons. The highest BCUT2D eigenvalue weighted by Gasteiger charge is 2.33. The summed E-state index contributed by atoms with van der Waals surface area (Å²) in [7, 11) is 0. The molecule has 0 amide bonds. The van der Waals surface area contributed by atoms with Gasteiger partial charge >= 0.3 is 5.97 Å². The minimum Gasteiger partial charge on any atom is -0.426 e. The van der Waals surface area contributed by atoms with E-state index < -0.39 is 0 Å². The highest BCUT2D eigenvalue weighted by Crippen LogP contribution is 2.42. The molecule has 4 heteroatoms. The van der Waals surface area contributed by atoms with Gasteiger partial charge in [0.15, 0.2) is 5.82 Å². The Balaban J connectivity index is 1.23. The Morgan fingerprint density at radius 2 is 1.47 bits per heavy atom. The van der Waals surface area contributed by atoms with E-state index in [0.717, 1.165) is 49.0 Å². The molecule has 0 spiro atoms. The number of unbranched alkanes of at least 4 members (excludes halogenated alkanes) is 1. The third-order valence-electron chi connectivity index (χ3n) is 8.22. The number of rotatable bonds is 9. The van der Waals surface area contributed by atoms with E-state index in [9.17, 15) is 4.79 Å². The van der Waals surface area contributed by atoms with Gasteiger partial charge in [0.05, 0.1) is 5.92 Å². The predicted molar refractivity (Wildman–Crippen MR) is 138 cm³/mol. The van der Waals surface area contributed by atoms with Gasteiger partial charge in [-0.05, 0) is 98.9 Å². The van der Waals surface area contributed by atoms with Crippen molar-refractivity contribution in [1.29, 1.82) is 0 Å². The van der Waals surface area contributed by atoms with Gasteiger partial charge in [-0.3, -0.25) is 4.79 Å². The van der Waals surface area contributed by atoms with E-state index in [4.69, 9.17) is 4.74 Å². The van der Waals surface area contributed by atoms with Gasteiger partial charge in [0.1, 0.15) is 5.75 Å². The fourth-order valence-electron chi connectivity index (χ4n) is 6.07. The molecule has 2 aliphatic carbocycles. The maximum Gasteiger partial charge on any atom is 0.314 e. The normalized spacial score (nSPS) is 25.1. The monoisotopic (exact) mass is 462 g/mol. The van der Waals surface area contributed by atoms with Crippen molar-refractivity contribution in [2.24, 2.45) is 23.7 Å². The molecule has 2 fully saturated rings. The fraction of sp³-hybridized carbons (Fsp3) is 0.633. The van der Waals surface area contributed by atoms with Gasteiger partial charge in [0, 0.05) is 18.0 Å². The number of nitrogens with zero attached hydrogens (tertiary/aromatic N) is 2. The minimum absolute atomic E-state index is 0.0476. The summed E-state index contributed by atoms with van der Waals surface area (Å²) < 4.78 is 5.75. The summed E-state index contributed by atoms with van der Waals surface area (Å²) >= 11 is 0. The Morgan fingerprint density at radius 1 is 0.853 bits per heavy atom. The number of benzene rings is 1. The van der Waals surface area contributed by atoms with E-state index in [1.54, 1.807) is 0 Å². The molecule has 0 saturated heterocycles. The first-order valence-electron chi connectivity index (χ1n) is 13.8. The molecule has 2 aromatic rings. The van der Waals surface area contributed by atoms with E-state index in [1.165, 1.54) is 63.4 Å². The fourth-order valence-corrected chi connectivity index (χ4v) is 6.07. The molecule has 1 aromatic carbocycles. The largest absolute Gasteiger partial charge is 0.426 e. The van der Waals surface area contributed by atoms with Crippen LogP contribution < -0.4 is 4.74 Å². The first-order valence-corrected chi connectivity index (χ1v) is 13.8. The van der Waals surface area contributed by atoms with Crippen LogP contribution >= 0.6 is 0 Å². The molecule has 34 heavy (non-hydrogen) atoms. The lowest BCUT2D eigenvalue weighted by atomic mass is 9.69. The summed E-state index contributed by atoms with van der Waals surface area (Å²) in [6, 6.07) is 7.61. The minimum atomic E-state index is -0.0608. The molecule has 1 aromatic heterocycles. The van der Waals surface area contributed by atoms with Crippen LogP contribution in [0.4, 0.5) is 0 Å². The molecular weight excluding hydrogens is 420 g/mol. The quantitative estimate of drug-likeness (QED) is 0.282. The SMILES string of the molecule is CCCCc1cnc(-c2ccc(OC(=O)[C@H]3CC[C@H]([C@H]4CC[C@H](CCC)CC4)CC3)cc2)nc1. The number of hydrogen-bond donors (Lipinski definition) is 0. The summed E-state index contributed by atoms with van der Waals surface area (Å²) in [4.78, 5) is 21.8. The summed E-state index contributed by atoms with van der Waals surface area (Å²) in [5.41, 5.74) is 2.12. The van der Waals surface area contributed by atoms with Crippen molar-refractivity contribution in [1.82, 2.24) is 9.97 Å². The number of aromatic nitrogens is 2. The third-order valence-corrected chi connectivity index (χ3v) is 8.22. The topological polar surface area (TPSA) is 52.1 Å². The van der Waals surface area contributed by atoms with E-state index in [0.29, 0.717) is 11.6 Å². The number of esters is 1. The summed E-state index contributed by atoms with van der Waals surface area (Å²) in [5, 5.41) is 0.